The normalized spacial score (nSPS) is 9.95. The van der Waals surface area contributed by atoms with E-state index in [1.807, 2.05) is 44.3 Å². The van der Waals surface area contributed by atoms with Gasteiger partial charge in [-0.1, -0.05) is 12.1 Å². The van der Waals surface area contributed by atoms with Gasteiger partial charge < -0.3 is 15.4 Å². The zero-order valence-electron chi connectivity index (χ0n) is 12.9. The Kier molecular flexibility index (Phi) is 7.38. The van der Waals surface area contributed by atoms with Crippen molar-refractivity contribution in [3.8, 4) is 16.9 Å². The predicted molar refractivity (Wildman–Crippen MR) is 94.6 cm³/mol. The molecule has 2 rings (SSSR count). The Morgan fingerprint density at radius 2 is 1.91 bits per heavy atom. The van der Waals surface area contributed by atoms with Gasteiger partial charge in [0.2, 0.25) is 0 Å². The van der Waals surface area contributed by atoms with E-state index in [0.717, 1.165) is 33.2 Å². The van der Waals surface area contributed by atoms with Crippen LogP contribution in [0.5, 0.6) is 5.75 Å². The lowest BCUT2D eigenvalue weighted by Gasteiger charge is -2.03. The first kappa shape index (κ1) is 18.5. The van der Waals surface area contributed by atoms with Crippen LogP contribution < -0.4 is 15.4 Å². The first-order valence-corrected chi connectivity index (χ1v) is 7.65. The number of carbonyl (C=O) groups is 1. The van der Waals surface area contributed by atoms with Crippen molar-refractivity contribution >= 4 is 29.7 Å². The third kappa shape index (κ3) is 4.47. The first-order valence-electron chi connectivity index (χ1n) is 6.83. The number of benzene rings is 1. The number of methoxy groups -OCH3 is 1. The van der Waals surface area contributed by atoms with Crippen LogP contribution in [0.25, 0.3) is 11.1 Å². The van der Waals surface area contributed by atoms with E-state index in [1.54, 1.807) is 7.11 Å². The molecule has 22 heavy (non-hydrogen) atoms. The second-order valence-electron chi connectivity index (χ2n) is 4.67. The molecule has 0 radical (unpaired) electrons. The molecule has 6 heteroatoms. The van der Waals surface area contributed by atoms with Crippen LogP contribution >= 0.6 is 23.7 Å². The smallest absolute Gasteiger partial charge is 0.261 e. The van der Waals surface area contributed by atoms with E-state index < -0.39 is 0 Å². The SMILES string of the molecule is CNCCNC(=O)c1cc(-c2ccc(OC)cc2)c(C)s1.Cl. The molecule has 0 atom stereocenters. The van der Waals surface area contributed by atoms with E-state index >= 15 is 0 Å². The molecule has 1 aromatic carbocycles. The molecule has 2 N–H and O–H groups in total. The molecule has 0 saturated heterocycles. The second-order valence-corrected chi connectivity index (χ2v) is 5.92. The lowest BCUT2D eigenvalue weighted by molar-refractivity contribution is 0.0958. The third-order valence-electron chi connectivity index (χ3n) is 3.20. The second kappa shape index (κ2) is 8.78. The number of halogens is 1. The molecule has 0 saturated carbocycles. The predicted octanol–water partition coefficient (Wildman–Crippen LogP) is 3.10. The maximum atomic E-state index is 12.1. The van der Waals surface area contributed by atoms with Crippen LogP contribution in [0.1, 0.15) is 14.5 Å². The molecule has 0 aliphatic rings. The summed E-state index contributed by atoms with van der Waals surface area (Å²) in [6, 6.07) is 9.84. The van der Waals surface area contributed by atoms with E-state index in [-0.39, 0.29) is 18.3 Å². The Morgan fingerprint density at radius 3 is 2.50 bits per heavy atom. The number of aryl methyl sites for hydroxylation is 1. The number of nitrogens with one attached hydrogen (secondary N) is 2. The van der Waals surface area contributed by atoms with Crippen LogP contribution in [0.2, 0.25) is 0 Å². The molecule has 0 spiro atoms. The Balaban J connectivity index is 0.00000242. The van der Waals surface area contributed by atoms with Crippen LogP contribution in [-0.2, 0) is 0 Å². The molecule has 120 valence electrons. The van der Waals surface area contributed by atoms with Gasteiger partial charge in [0.1, 0.15) is 5.75 Å². The van der Waals surface area contributed by atoms with E-state index in [4.69, 9.17) is 4.74 Å². The summed E-state index contributed by atoms with van der Waals surface area (Å²) in [6.07, 6.45) is 0. The molecule has 0 unspecified atom stereocenters. The van der Waals surface area contributed by atoms with Gasteiger partial charge in [0, 0.05) is 18.0 Å². The lowest BCUT2D eigenvalue weighted by Crippen LogP contribution is -2.29. The molecular weight excluding hydrogens is 320 g/mol. The van der Waals surface area contributed by atoms with Crippen molar-refractivity contribution in [3.63, 3.8) is 0 Å². The molecule has 0 aliphatic heterocycles. The van der Waals surface area contributed by atoms with Gasteiger partial charge in [0.05, 0.1) is 12.0 Å². The molecule has 1 aromatic heterocycles. The summed E-state index contributed by atoms with van der Waals surface area (Å²) in [6.45, 7) is 3.43. The number of rotatable bonds is 6. The highest BCUT2D eigenvalue weighted by molar-refractivity contribution is 7.14. The highest BCUT2D eigenvalue weighted by Crippen LogP contribution is 2.31. The van der Waals surface area contributed by atoms with Gasteiger partial charge in [-0.05, 0) is 43.3 Å². The standard InChI is InChI=1S/C16H20N2O2S.ClH/c1-11-14(12-4-6-13(20-3)7-5-12)10-15(21-11)16(19)18-9-8-17-2;/h4-7,10,17H,8-9H2,1-3H3,(H,18,19);1H. The van der Waals surface area contributed by atoms with Crippen molar-refractivity contribution in [1.29, 1.82) is 0 Å². The van der Waals surface area contributed by atoms with Crippen LogP contribution in [0.3, 0.4) is 0 Å². The summed E-state index contributed by atoms with van der Waals surface area (Å²) in [4.78, 5) is 14.0. The molecule has 0 fully saturated rings. The largest absolute Gasteiger partial charge is 0.497 e. The van der Waals surface area contributed by atoms with Crippen molar-refractivity contribution in [2.24, 2.45) is 0 Å². The molecule has 2 aromatic rings. The quantitative estimate of drug-likeness (QED) is 0.794. The highest BCUT2D eigenvalue weighted by atomic mass is 35.5. The van der Waals surface area contributed by atoms with Crippen LogP contribution in [0.15, 0.2) is 30.3 Å². The minimum absolute atomic E-state index is 0. The Hall–Kier alpha value is -1.56. The summed E-state index contributed by atoms with van der Waals surface area (Å²) in [5.41, 5.74) is 2.19. The maximum absolute atomic E-state index is 12.1. The topological polar surface area (TPSA) is 50.4 Å². The molecule has 4 nitrogen and oxygen atoms in total. The van der Waals surface area contributed by atoms with Crippen LogP contribution in [0.4, 0.5) is 0 Å². The molecule has 1 heterocycles. The number of likely N-dealkylation sites (N-methyl/N-ethyl adjacent to an activating group) is 1. The Morgan fingerprint density at radius 1 is 1.23 bits per heavy atom. The van der Waals surface area contributed by atoms with Gasteiger partial charge in [-0.25, -0.2) is 0 Å². The van der Waals surface area contributed by atoms with Crippen molar-refractivity contribution in [3.05, 3.63) is 40.1 Å². The van der Waals surface area contributed by atoms with E-state index in [2.05, 4.69) is 10.6 Å². The minimum Gasteiger partial charge on any atom is -0.497 e. The third-order valence-corrected chi connectivity index (χ3v) is 4.25. The Bertz CT molecular complexity index is 611. The fraction of sp³-hybridized carbons (Fsp3) is 0.312. The van der Waals surface area contributed by atoms with Gasteiger partial charge in [-0.2, -0.15) is 0 Å². The van der Waals surface area contributed by atoms with Crippen molar-refractivity contribution in [2.45, 2.75) is 6.92 Å². The molecule has 0 bridgehead atoms. The van der Waals surface area contributed by atoms with Crippen LogP contribution in [-0.4, -0.2) is 33.2 Å². The lowest BCUT2D eigenvalue weighted by atomic mass is 10.1. The number of amides is 1. The fourth-order valence-electron chi connectivity index (χ4n) is 2.04. The number of carbonyl (C=O) groups excluding carboxylic acids is 1. The molecule has 1 amide bonds. The number of ether oxygens (including phenoxy) is 1. The van der Waals surface area contributed by atoms with Crippen molar-refractivity contribution in [2.75, 3.05) is 27.2 Å². The molecule has 0 aliphatic carbocycles. The average molecular weight is 341 g/mol. The van der Waals surface area contributed by atoms with E-state index in [9.17, 15) is 4.79 Å². The van der Waals surface area contributed by atoms with Gasteiger partial charge in [-0.3, -0.25) is 4.79 Å². The zero-order valence-corrected chi connectivity index (χ0v) is 14.6. The Labute approximate surface area is 141 Å². The summed E-state index contributed by atoms with van der Waals surface area (Å²) < 4.78 is 5.17. The fourth-order valence-corrected chi connectivity index (χ4v) is 3.00. The zero-order chi connectivity index (χ0) is 15.2. The number of hydrogen-bond acceptors (Lipinski definition) is 4. The number of hydrogen-bond donors (Lipinski definition) is 2. The summed E-state index contributed by atoms with van der Waals surface area (Å²) in [7, 11) is 3.52. The van der Waals surface area contributed by atoms with Gasteiger partial charge >= 0.3 is 0 Å². The number of thiophene rings is 1. The van der Waals surface area contributed by atoms with E-state index in [0.29, 0.717) is 6.54 Å². The molecular formula is C16H21ClN2O2S. The van der Waals surface area contributed by atoms with Gasteiger partial charge in [0.15, 0.2) is 0 Å². The summed E-state index contributed by atoms with van der Waals surface area (Å²) in [5, 5.41) is 5.90. The monoisotopic (exact) mass is 340 g/mol. The summed E-state index contributed by atoms with van der Waals surface area (Å²) in [5.74, 6) is 0.815. The van der Waals surface area contributed by atoms with Crippen LogP contribution in [0, 0.1) is 6.92 Å². The minimum atomic E-state index is -0.0156. The van der Waals surface area contributed by atoms with Crippen molar-refractivity contribution in [1.82, 2.24) is 10.6 Å². The highest BCUT2D eigenvalue weighted by Gasteiger charge is 2.13. The summed E-state index contributed by atoms with van der Waals surface area (Å²) >= 11 is 1.52. The average Bonchev–Trinajstić information content (AvgIpc) is 2.89. The van der Waals surface area contributed by atoms with Gasteiger partial charge in [-0.15, -0.1) is 23.7 Å². The first-order chi connectivity index (χ1) is 10.2. The van der Waals surface area contributed by atoms with E-state index in [1.165, 1.54) is 11.3 Å². The van der Waals surface area contributed by atoms with Crippen molar-refractivity contribution < 1.29 is 9.53 Å². The van der Waals surface area contributed by atoms with Gasteiger partial charge in [0.25, 0.3) is 5.91 Å². The maximum Gasteiger partial charge on any atom is 0.261 e.